The zero-order chi connectivity index (χ0) is 19.1. The van der Waals surface area contributed by atoms with Gasteiger partial charge in [-0.15, -0.1) is 0 Å². The Bertz CT molecular complexity index is 862. The van der Waals surface area contributed by atoms with Gasteiger partial charge in [-0.2, -0.15) is 5.26 Å². The van der Waals surface area contributed by atoms with Gasteiger partial charge in [0.15, 0.2) is 0 Å². The molecule has 0 bridgehead atoms. The first-order valence-electron chi connectivity index (χ1n) is 7.89. The van der Waals surface area contributed by atoms with Crippen molar-refractivity contribution in [1.29, 1.82) is 5.26 Å². The fourth-order valence-corrected chi connectivity index (χ4v) is 2.88. The minimum Gasteiger partial charge on any atom is -0.333 e. The van der Waals surface area contributed by atoms with E-state index in [4.69, 9.17) is 28.5 Å². The van der Waals surface area contributed by atoms with Gasteiger partial charge in [-0.05, 0) is 36.2 Å². The number of hydrogen-bond donors (Lipinski definition) is 1. The number of benzene rings is 2. The van der Waals surface area contributed by atoms with Crippen molar-refractivity contribution >= 4 is 40.7 Å². The smallest absolute Gasteiger partial charge is 0.244 e. The Morgan fingerprint density at radius 2 is 1.92 bits per heavy atom. The number of nitrogens with zero attached hydrogens (tertiary/aromatic N) is 2. The average molecular weight is 390 g/mol. The van der Waals surface area contributed by atoms with Gasteiger partial charge in [0.05, 0.1) is 17.8 Å². The molecule has 0 saturated heterocycles. The van der Waals surface area contributed by atoms with Gasteiger partial charge >= 0.3 is 0 Å². The summed E-state index contributed by atoms with van der Waals surface area (Å²) in [6, 6.07) is 13.9. The van der Waals surface area contributed by atoms with Gasteiger partial charge in [0, 0.05) is 23.5 Å². The van der Waals surface area contributed by atoms with Crippen molar-refractivity contribution in [2.45, 2.75) is 13.3 Å². The van der Waals surface area contributed by atoms with Crippen molar-refractivity contribution in [3.05, 3.63) is 63.6 Å². The van der Waals surface area contributed by atoms with Crippen LogP contribution in [0.1, 0.15) is 18.1 Å². The third-order valence-corrected chi connectivity index (χ3v) is 4.35. The molecule has 0 aromatic heterocycles. The molecule has 26 heavy (non-hydrogen) atoms. The molecule has 2 rings (SSSR count). The monoisotopic (exact) mass is 389 g/mol. The van der Waals surface area contributed by atoms with E-state index in [2.05, 4.69) is 5.32 Å². The van der Waals surface area contributed by atoms with Crippen molar-refractivity contribution in [1.82, 2.24) is 4.90 Å². The third kappa shape index (κ3) is 5.48. The lowest BCUT2D eigenvalue weighted by Gasteiger charge is -2.21. The van der Waals surface area contributed by atoms with E-state index >= 15 is 0 Å². The molecule has 0 aliphatic heterocycles. The molecule has 2 aromatic rings. The zero-order valence-corrected chi connectivity index (χ0v) is 15.6. The first-order valence-corrected chi connectivity index (χ1v) is 8.64. The molecule has 0 fully saturated rings. The number of nitrogens with one attached hydrogen (secondary N) is 1. The number of rotatable bonds is 6. The van der Waals surface area contributed by atoms with Crippen LogP contribution in [0.25, 0.3) is 0 Å². The van der Waals surface area contributed by atoms with Crippen molar-refractivity contribution in [2.75, 3.05) is 18.4 Å². The highest BCUT2D eigenvalue weighted by atomic mass is 35.5. The second-order valence-corrected chi connectivity index (χ2v) is 6.48. The van der Waals surface area contributed by atoms with E-state index in [9.17, 15) is 9.59 Å². The molecule has 7 heteroatoms. The molecule has 0 radical (unpaired) electrons. The lowest BCUT2D eigenvalue weighted by atomic mass is 10.1. The lowest BCUT2D eigenvalue weighted by Crippen LogP contribution is -2.38. The highest BCUT2D eigenvalue weighted by Crippen LogP contribution is 2.21. The molecule has 0 heterocycles. The lowest BCUT2D eigenvalue weighted by molar-refractivity contribution is -0.132. The molecule has 1 N–H and O–H groups in total. The van der Waals surface area contributed by atoms with E-state index in [1.807, 2.05) is 6.07 Å². The van der Waals surface area contributed by atoms with Crippen LogP contribution in [0.2, 0.25) is 10.0 Å². The zero-order valence-electron chi connectivity index (χ0n) is 14.1. The molecule has 0 aliphatic rings. The predicted octanol–water partition coefficient (Wildman–Crippen LogP) is 3.89. The molecule has 0 unspecified atom stereocenters. The van der Waals surface area contributed by atoms with Gasteiger partial charge in [-0.3, -0.25) is 9.59 Å². The van der Waals surface area contributed by atoms with Crippen LogP contribution in [-0.4, -0.2) is 29.8 Å². The Labute approximate surface area is 162 Å². The molecular formula is C19H17Cl2N3O2. The molecule has 0 spiro atoms. The number of amides is 2. The summed E-state index contributed by atoms with van der Waals surface area (Å²) in [6.45, 7) is 1.63. The molecule has 0 saturated carbocycles. The summed E-state index contributed by atoms with van der Waals surface area (Å²) in [5.74, 6) is -0.594. The average Bonchev–Trinajstić information content (AvgIpc) is 2.60. The van der Waals surface area contributed by atoms with Crippen LogP contribution in [0.3, 0.4) is 0 Å². The fourth-order valence-electron chi connectivity index (χ4n) is 2.38. The second kappa shape index (κ2) is 9.23. The number of carbonyl (C=O) groups excluding carboxylic acids is 2. The van der Waals surface area contributed by atoms with Gasteiger partial charge in [0.25, 0.3) is 0 Å². The Kier molecular flexibility index (Phi) is 7.02. The van der Waals surface area contributed by atoms with Crippen LogP contribution >= 0.6 is 23.2 Å². The van der Waals surface area contributed by atoms with Gasteiger partial charge in [-0.1, -0.05) is 41.4 Å². The maximum atomic E-state index is 12.3. The van der Waals surface area contributed by atoms with Crippen LogP contribution in [-0.2, 0) is 16.0 Å². The van der Waals surface area contributed by atoms with Crippen LogP contribution in [0.15, 0.2) is 42.5 Å². The molecule has 0 aliphatic carbocycles. The number of nitriles is 1. The predicted molar refractivity (Wildman–Crippen MR) is 102 cm³/mol. The summed E-state index contributed by atoms with van der Waals surface area (Å²) in [7, 11) is 0. The summed E-state index contributed by atoms with van der Waals surface area (Å²) in [6.07, 6.45) is 0.498. The first-order chi connectivity index (χ1) is 12.4. The van der Waals surface area contributed by atoms with Gasteiger partial charge < -0.3 is 10.2 Å². The minimum atomic E-state index is -0.370. The highest BCUT2D eigenvalue weighted by molar-refractivity contribution is 6.35. The Morgan fingerprint density at radius 3 is 2.58 bits per heavy atom. The van der Waals surface area contributed by atoms with Crippen molar-refractivity contribution in [3.8, 4) is 6.07 Å². The highest BCUT2D eigenvalue weighted by Gasteiger charge is 2.15. The molecule has 2 aromatic carbocycles. The van der Waals surface area contributed by atoms with Crippen LogP contribution in [0.4, 0.5) is 5.69 Å². The number of halogens is 2. The first kappa shape index (κ1) is 19.8. The van der Waals surface area contributed by atoms with Gasteiger partial charge in [0.1, 0.15) is 6.07 Å². The standard InChI is InChI=1S/C19H17Cl2N3O2/c1-13(25)24(9-8-14-6-7-16(20)10-17(14)21)12-19(26)23-18-5-3-2-4-15(18)11-22/h2-7,10H,8-9,12H2,1H3,(H,23,26). The molecule has 0 atom stereocenters. The fraction of sp³-hybridized carbons (Fsp3) is 0.211. The minimum absolute atomic E-state index is 0.111. The Morgan fingerprint density at radius 1 is 1.19 bits per heavy atom. The van der Waals surface area contributed by atoms with E-state index in [0.717, 1.165) is 5.56 Å². The molecule has 134 valence electrons. The maximum Gasteiger partial charge on any atom is 0.244 e. The van der Waals surface area contributed by atoms with E-state index < -0.39 is 0 Å². The van der Waals surface area contributed by atoms with Crippen molar-refractivity contribution in [2.24, 2.45) is 0 Å². The summed E-state index contributed by atoms with van der Waals surface area (Å²) >= 11 is 12.0. The largest absolute Gasteiger partial charge is 0.333 e. The Balaban J connectivity index is 2.00. The quantitative estimate of drug-likeness (QED) is 0.813. The van der Waals surface area contributed by atoms with Crippen molar-refractivity contribution < 1.29 is 9.59 Å². The van der Waals surface area contributed by atoms with E-state index in [0.29, 0.717) is 34.3 Å². The van der Waals surface area contributed by atoms with E-state index in [1.54, 1.807) is 42.5 Å². The van der Waals surface area contributed by atoms with Crippen LogP contribution in [0, 0.1) is 11.3 Å². The van der Waals surface area contributed by atoms with Crippen molar-refractivity contribution in [3.63, 3.8) is 0 Å². The second-order valence-electron chi connectivity index (χ2n) is 5.63. The summed E-state index contributed by atoms with van der Waals surface area (Å²) < 4.78 is 0. The number of para-hydroxylation sites is 1. The molecular weight excluding hydrogens is 373 g/mol. The number of anilines is 1. The van der Waals surface area contributed by atoms with E-state index in [-0.39, 0.29) is 18.4 Å². The number of carbonyl (C=O) groups is 2. The molecule has 5 nitrogen and oxygen atoms in total. The number of hydrogen-bond acceptors (Lipinski definition) is 3. The topological polar surface area (TPSA) is 73.2 Å². The summed E-state index contributed by atoms with van der Waals surface area (Å²) in [4.78, 5) is 25.5. The van der Waals surface area contributed by atoms with Crippen LogP contribution in [0.5, 0.6) is 0 Å². The summed E-state index contributed by atoms with van der Waals surface area (Å²) in [5, 5.41) is 12.8. The van der Waals surface area contributed by atoms with Gasteiger partial charge in [-0.25, -0.2) is 0 Å². The third-order valence-electron chi connectivity index (χ3n) is 3.77. The maximum absolute atomic E-state index is 12.3. The normalized spacial score (nSPS) is 10.1. The SMILES string of the molecule is CC(=O)N(CCc1ccc(Cl)cc1Cl)CC(=O)Nc1ccccc1C#N. The Hall–Kier alpha value is -2.55. The van der Waals surface area contributed by atoms with Crippen LogP contribution < -0.4 is 5.32 Å². The molecule has 2 amide bonds. The van der Waals surface area contributed by atoms with Gasteiger partial charge in [0.2, 0.25) is 11.8 Å². The summed E-state index contributed by atoms with van der Waals surface area (Å²) in [5.41, 5.74) is 1.63. The van der Waals surface area contributed by atoms with E-state index in [1.165, 1.54) is 11.8 Å².